The number of hydrogen-bond donors (Lipinski definition) is 2. The summed E-state index contributed by atoms with van der Waals surface area (Å²) in [6.07, 6.45) is 0.925. The Morgan fingerprint density at radius 3 is 2.33 bits per heavy atom. The van der Waals surface area contributed by atoms with Crippen molar-refractivity contribution in [1.82, 2.24) is 0 Å². The van der Waals surface area contributed by atoms with Gasteiger partial charge in [-0.25, -0.2) is 0 Å². The fourth-order valence-corrected chi connectivity index (χ4v) is 3.02. The van der Waals surface area contributed by atoms with Gasteiger partial charge in [0.05, 0.1) is 4.88 Å². The third-order valence-corrected chi connectivity index (χ3v) is 4.66. The molecule has 0 spiro atoms. The molecule has 0 saturated carbocycles. The molecule has 0 aliphatic heterocycles. The fourth-order valence-electron chi connectivity index (χ4n) is 2.27. The third-order valence-electron chi connectivity index (χ3n) is 3.54. The Morgan fingerprint density at radius 2 is 1.67 bits per heavy atom. The van der Waals surface area contributed by atoms with Gasteiger partial charge in [0.1, 0.15) is 0 Å². The molecule has 0 radical (unpaired) electrons. The van der Waals surface area contributed by atoms with Gasteiger partial charge in [0.15, 0.2) is 0 Å². The second-order valence-electron chi connectivity index (χ2n) is 5.31. The summed E-state index contributed by atoms with van der Waals surface area (Å²) in [7, 11) is 0. The van der Waals surface area contributed by atoms with E-state index >= 15 is 0 Å². The maximum absolute atomic E-state index is 12.0. The lowest BCUT2D eigenvalue weighted by molar-refractivity contribution is 0.103. The highest BCUT2D eigenvalue weighted by atomic mass is 35.5. The molecule has 2 N–H and O–H groups in total. The molecule has 0 bridgehead atoms. The van der Waals surface area contributed by atoms with Gasteiger partial charge in [0.2, 0.25) is 0 Å². The van der Waals surface area contributed by atoms with Crippen LogP contribution >= 0.6 is 22.9 Å². The van der Waals surface area contributed by atoms with E-state index in [1.807, 2.05) is 66.0 Å². The zero-order chi connectivity index (χ0) is 16.8. The zero-order valence-corrected chi connectivity index (χ0v) is 14.5. The van der Waals surface area contributed by atoms with Gasteiger partial charge < -0.3 is 10.6 Å². The maximum Gasteiger partial charge on any atom is 0.265 e. The predicted octanol–water partition coefficient (Wildman–Crippen LogP) is 5.31. The Labute approximate surface area is 150 Å². The number of anilines is 2. The van der Waals surface area contributed by atoms with E-state index in [2.05, 4.69) is 10.6 Å². The van der Waals surface area contributed by atoms with Crippen molar-refractivity contribution in [3.8, 4) is 0 Å². The molecule has 2 aromatic carbocycles. The molecule has 0 atom stereocenters. The Balaban J connectivity index is 1.49. The van der Waals surface area contributed by atoms with Crippen molar-refractivity contribution in [2.45, 2.75) is 6.42 Å². The van der Waals surface area contributed by atoms with Crippen LogP contribution in [0.5, 0.6) is 0 Å². The van der Waals surface area contributed by atoms with E-state index in [9.17, 15) is 4.79 Å². The number of hydrogen-bond acceptors (Lipinski definition) is 3. The van der Waals surface area contributed by atoms with Crippen molar-refractivity contribution in [2.75, 3.05) is 17.2 Å². The van der Waals surface area contributed by atoms with Crippen molar-refractivity contribution >= 4 is 40.2 Å². The fraction of sp³-hybridized carbons (Fsp3) is 0.105. The van der Waals surface area contributed by atoms with Gasteiger partial charge in [-0.2, -0.15) is 0 Å². The van der Waals surface area contributed by atoms with Crippen molar-refractivity contribution in [3.63, 3.8) is 0 Å². The molecule has 3 nitrogen and oxygen atoms in total. The highest BCUT2D eigenvalue weighted by molar-refractivity contribution is 7.12. The van der Waals surface area contributed by atoms with Crippen LogP contribution in [0.4, 0.5) is 11.4 Å². The lowest BCUT2D eigenvalue weighted by Gasteiger charge is -2.08. The molecule has 1 heterocycles. The minimum Gasteiger partial charge on any atom is -0.385 e. The Bertz CT molecular complexity index is 783. The average molecular weight is 357 g/mol. The highest BCUT2D eigenvalue weighted by Gasteiger charge is 2.06. The number of carbonyl (C=O) groups excluding carboxylic acids is 1. The molecule has 0 unspecified atom stereocenters. The van der Waals surface area contributed by atoms with E-state index < -0.39 is 0 Å². The number of carbonyl (C=O) groups is 1. The van der Waals surface area contributed by atoms with Crippen molar-refractivity contribution < 1.29 is 4.79 Å². The number of thiophene rings is 1. The predicted molar refractivity (Wildman–Crippen MR) is 102 cm³/mol. The van der Waals surface area contributed by atoms with Crippen LogP contribution in [-0.2, 0) is 6.42 Å². The summed E-state index contributed by atoms with van der Waals surface area (Å²) in [5.41, 5.74) is 3.06. The molecule has 0 saturated heterocycles. The van der Waals surface area contributed by atoms with Crippen molar-refractivity contribution in [3.05, 3.63) is 81.5 Å². The van der Waals surface area contributed by atoms with Gasteiger partial charge in [-0.3, -0.25) is 4.79 Å². The molecule has 0 aliphatic carbocycles. The topological polar surface area (TPSA) is 41.1 Å². The summed E-state index contributed by atoms with van der Waals surface area (Å²) >= 11 is 7.31. The van der Waals surface area contributed by atoms with Crippen LogP contribution in [0.1, 0.15) is 15.2 Å². The van der Waals surface area contributed by atoms with Gasteiger partial charge in [-0.15, -0.1) is 11.3 Å². The van der Waals surface area contributed by atoms with Crippen LogP contribution in [0, 0.1) is 0 Å². The quantitative estimate of drug-likeness (QED) is 0.628. The van der Waals surface area contributed by atoms with Crippen LogP contribution in [-0.4, -0.2) is 12.5 Å². The van der Waals surface area contributed by atoms with Crippen LogP contribution in [0.3, 0.4) is 0 Å². The van der Waals surface area contributed by atoms with Gasteiger partial charge in [0, 0.05) is 22.9 Å². The molecule has 3 rings (SSSR count). The number of benzene rings is 2. The first-order chi connectivity index (χ1) is 11.7. The largest absolute Gasteiger partial charge is 0.385 e. The minimum absolute atomic E-state index is 0.0755. The first-order valence-corrected chi connectivity index (χ1v) is 8.90. The van der Waals surface area contributed by atoms with E-state index in [0.29, 0.717) is 4.88 Å². The number of rotatable bonds is 6. The average Bonchev–Trinajstić information content (AvgIpc) is 3.13. The van der Waals surface area contributed by atoms with E-state index in [1.54, 1.807) is 0 Å². The summed E-state index contributed by atoms with van der Waals surface area (Å²) < 4.78 is 0. The summed E-state index contributed by atoms with van der Waals surface area (Å²) in [6.45, 7) is 0.836. The molecule has 3 aromatic rings. The number of halogens is 1. The molecule has 0 fully saturated rings. The van der Waals surface area contributed by atoms with Gasteiger partial charge in [-0.05, 0) is 59.8 Å². The molecular weight excluding hydrogens is 340 g/mol. The lowest BCUT2D eigenvalue weighted by atomic mass is 10.1. The summed E-state index contributed by atoms with van der Waals surface area (Å²) in [5, 5.41) is 8.91. The van der Waals surface area contributed by atoms with Crippen LogP contribution in [0.15, 0.2) is 66.0 Å². The van der Waals surface area contributed by atoms with E-state index in [4.69, 9.17) is 11.6 Å². The van der Waals surface area contributed by atoms with Crippen LogP contribution in [0.2, 0.25) is 5.02 Å². The van der Waals surface area contributed by atoms with E-state index in [1.165, 1.54) is 16.9 Å². The summed E-state index contributed by atoms with van der Waals surface area (Å²) in [6, 6.07) is 19.3. The van der Waals surface area contributed by atoms with Crippen molar-refractivity contribution in [2.24, 2.45) is 0 Å². The van der Waals surface area contributed by atoms with Gasteiger partial charge in [-0.1, -0.05) is 29.8 Å². The molecule has 1 amide bonds. The molecular formula is C19H17ClN2OS. The SMILES string of the molecule is O=C(Nc1ccc(NCCc2ccc(Cl)cc2)cc1)c1cccs1. The van der Waals surface area contributed by atoms with Crippen molar-refractivity contribution in [1.29, 1.82) is 0 Å². The Hall–Kier alpha value is -2.30. The normalized spacial score (nSPS) is 10.4. The molecule has 24 heavy (non-hydrogen) atoms. The summed E-state index contributed by atoms with van der Waals surface area (Å²) in [4.78, 5) is 12.7. The monoisotopic (exact) mass is 356 g/mol. The minimum atomic E-state index is -0.0755. The van der Waals surface area contributed by atoms with Gasteiger partial charge in [0.25, 0.3) is 5.91 Å². The molecule has 0 aliphatic rings. The first-order valence-electron chi connectivity index (χ1n) is 7.64. The van der Waals surface area contributed by atoms with Gasteiger partial charge >= 0.3 is 0 Å². The Morgan fingerprint density at radius 1 is 0.958 bits per heavy atom. The summed E-state index contributed by atoms with van der Waals surface area (Å²) in [5.74, 6) is -0.0755. The van der Waals surface area contributed by atoms with E-state index in [0.717, 1.165) is 29.4 Å². The lowest BCUT2D eigenvalue weighted by Crippen LogP contribution is -2.10. The molecule has 5 heteroatoms. The standard InChI is InChI=1S/C19H17ClN2OS/c20-15-5-3-14(4-6-15)11-12-21-16-7-9-17(10-8-16)22-19(23)18-2-1-13-24-18/h1-10,13,21H,11-12H2,(H,22,23). The highest BCUT2D eigenvalue weighted by Crippen LogP contribution is 2.16. The zero-order valence-electron chi connectivity index (χ0n) is 13.0. The molecule has 122 valence electrons. The van der Waals surface area contributed by atoms with Crippen LogP contribution < -0.4 is 10.6 Å². The second-order valence-corrected chi connectivity index (χ2v) is 6.70. The smallest absolute Gasteiger partial charge is 0.265 e. The first kappa shape index (κ1) is 16.6. The van der Waals surface area contributed by atoms with E-state index in [-0.39, 0.29) is 5.91 Å². The molecule has 1 aromatic heterocycles. The Kier molecular flexibility index (Phi) is 5.51. The second kappa shape index (κ2) is 7.99. The number of nitrogens with one attached hydrogen (secondary N) is 2. The third kappa shape index (κ3) is 4.60. The van der Waals surface area contributed by atoms with Crippen LogP contribution in [0.25, 0.3) is 0 Å². The number of amides is 1. The maximum atomic E-state index is 12.0.